The van der Waals surface area contributed by atoms with Crippen molar-refractivity contribution in [3.8, 4) is 11.6 Å². The lowest BCUT2D eigenvalue weighted by Gasteiger charge is -2.17. The van der Waals surface area contributed by atoms with Crippen LogP contribution in [0.2, 0.25) is 0 Å². The molecule has 132 valence electrons. The summed E-state index contributed by atoms with van der Waals surface area (Å²) in [6, 6.07) is 8.74. The van der Waals surface area contributed by atoms with Gasteiger partial charge in [0.1, 0.15) is 5.75 Å². The van der Waals surface area contributed by atoms with Crippen LogP contribution in [-0.4, -0.2) is 40.6 Å². The molecule has 0 aliphatic rings. The van der Waals surface area contributed by atoms with Crippen LogP contribution in [0.25, 0.3) is 0 Å². The minimum Gasteiger partial charge on any atom is -0.481 e. The van der Waals surface area contributed by atoms with Gasteiger partial charge in [0.05, 0.1) is 18.3 Å². The molecule has 1 aromatic carbocycles. The van der Waals surface area contributed by atoms with E-state index in [1.807, 2.05) is 32.0 Å². The van der Waals surface area contributed by atoms with Crippen molar-refractivity contribution in [1.29, 1.82) is 0 Å². The molecule has 0 saturated carbocycles. The van der Waals surface area contributed by atoms with Gasteiger partial charge in [-0.05, 0) is 37.1 Å². The number of nitrogens with zero attached hydrogens (tertiary/aromatic N) is 2. The Labute approximate surface area is 146 Å². The zero-order valence-corrected chi connectivity index (χ0v) is 14.4. The average Bonchev–Trinajstić information content (AvgIpc) is 2.58. The number of anilines is 1. The van der Waals surface area contributed by atoms with E-state index >= 15 is 0 Å². The monoisotopic (exact) mass is 343 g/mol. The van der Waals surface area contributed by atoms with Gasteiger partial charge in [-0.3, -0.25) is 4.79 Å². The number of aromatic nitrogens is 1. The highest BCUT2D eigenvalue weighted by Crippen LogP contribution is 2.26. The van der Waals surface area contributed by atoms with E-state index in [9.17, 15) is 9.59 Å². The van der Waals surface area contributed by atoms with Crippen LogP contribution in [0.3, 0.4) is 0 Å². The number of carbonyl (C=O) groups excluding carboxylic acids is 1. The third-order valence-corrected chi connectivity index (χ3v) is 3.76. The van der Waals surface area contributed by atoms with Crippen LogP contribution in [0, 0.1) is 13.8 Å². The third-order valence-electron chi connectivity index (χ3n) is 3.76. The Bertz CT molecular complexity index is 759. The highest BCUT2D eigenvalue weighted by Gasteiger charge is 2.11. The molecule has 0 spiro atoms. The van der Waals surface area contributed by atoms with Crippen molar-refractivity contribution in [3.05, 3.63) is 47.7 Å². The smallest absolute Gasteiger partial charge is 0.321 e. The van der Waals surface area contributed by atoms with Gasteiger partial charge in [0.2, 0.25) is 5.88 Å². The summed E-state index contributed by atoms with van der Waals surface area (Å²) in [5.41, 5.74) is 2.67. The van der Waals surface area contributed by atoms with Crippen LogP contribution in [0.5, 0.6) is 11.6 Å². The average molecular weight is 343 g/mol. The van der Waals surface area contributed by atoms with Crippen molar-refractivity contribution < 1.29 is 19.4 Å². The molecule has 2 N–H and O–H groups in total. The van der Waals surface area contributed by atoms with Gasteiger partial charge in [-0.25, -0.2) is 9.78 Å². The molecule has 25 heavy (non-hydrogen) atoms. The van der Waals surface area contributed by atoms with Crippen LogP contribution >= 0.6 is 0 Å². The topological polar surface area (TPSA) is 91.8 Å². The number of carbonyl (C=O) groups is 2. The number of hydrogen-bond donors (Lipinski definition) is 2. The second-order valence-electron chi connectivity index (χ2n) is 5.68. The predicted octanol–water partition coefficient (Wildman–Crippen LogP) is 3.43. The first-order valence-electron chi connectivity index (χ1n) is 7.81. The SMILES string of the molecule is Cc1cccc(Oc2ccc(NC(=O)N(C)CCC(=O)O)cn2)c1C. The number of nitrogens with one attached hydrogen (secondary N) is 1. The molecule has 0 radical (unpaired) electrons. The summed E-state index contributed by atoms with van der Waals surface area (Å²) in [5.74, 6) is 0.206. The second kappa shape index (κ2) is 8.14. The first kappa shape index (κ1) is 18.3. The van der Waals surface area contributed by atoms with E-state index < -0.39 is 12.0 Å². The van der Waals surface area contributed by atoms with Gasteiger partial charge >= 0.3 is 12.0 Å². The molecule has 0 unspecified atom stereocenters. The molecule has 0 aliphatic carbocycles. The normalized spacial score (nSPS) is 10.2. The van der Waals surface area contributed by atoms with E-state index in [2.05, 4.69) is 10.3 Å². The maximum Gasteiger partial charge on any atom is 0.321 e. The molecule has 0 bridgehead atoms. The quantitative estimate of drug-likeness (QED) is 0.838. The molecule has 2 amide bonds. The second-order valence-corrected chi connectivity index (χ2v) is 5.68. The van der Waals surface area contributed by atoms with E-state index in [1.54, 1.807) is 12.1 Å². The van der Waals surface area contributed by atoms with E-state index in [-0.39, 0.29) is 13.0 Å². The Hall–Kier alpha value is -3.09. The number of benzene rings is 1. The molecule has 0 aliphatic heterocycles. The molecule has 1 aromatic heterocycles. The molecular formula is C18H21N3O4. The molecule has 2 rings (SSSR count). The van der Waals surface area contributed by atoms with Gasteiger partial charge in [0.25, 0.3) is 0 Å². The van der Waals surface area contributed by atoms with Crippen molar-refractivity contribution in [2.45, 2.75) is 20.3 Å². The lowest BCUT2D eigenvalue weighted by molar-refractivity contribution is -0.137. The Morgan fingerprint density at radius 3 is 2.64 bits per heavy atom. The number of hydrogen-bond acceptors (Lipinski definition) is 4. The lowest BCUT2D eigenvalue weighted by Crippen LogP contribution is -2.33. The Balaban J connectivity index is 1.96. The van der Waals surface area contributed by atoms with Gasteiger partial charge in [0.15, 0.2) is 0 Å². The van der Waals surface area contributed by atoms with Gasteiger partial charge < -0.3 is 20.1 Å². The summed E-state index contributed by atoms with van der Waals surface area (Å²) in [4.78, 5) is 28.0. The van der Waals surface area contributed by atoms with Crippen molar-refractivity contribution in [1.82, 2.24) is 9.88 Å². The maximum atomic E-state index is 11.9. The summed E-state index contributed by atoms with van der Waals surface area (Å²) in [5, 5.41) is 11.3. The molecule has 1 heterocycles. The summed E-state index contributed by atoms with van der Waals surface area (Å²) < 4.78 is 5.76. The Morgan fingerprint density at radius 2 is 2.00 bits per heavy atom. The fourth-order valence-electron chi connectivity index (χ4n) is 2.05. The van der Waals surface area contributed by atoms with Crippen molar-refractivity contribution in [3.63, 3.8) is 0 Å². The fourth-order valence-corrected chi connectivity index (χ4v) is 2.05. The summed E-state index contributed by atoms with van der Waals surface area (Å²) in [7, 11) is 1.53. The number of aliphatic carboxylic acids is 1. The van der Waals surface area contributed by atoms with E-state index in [4.69, 9.17) is 9.84 Å². The Morgan fingerprint density at radius 1 is 1.24 bits per heavy atom. The Kier molecular flexibility index (Phi) is 5.94. The first-order chi connectivity index (χ1) is 11.9. The number of carboxylic acids is 1. The van der Waals surface area contributed by atoms with Crippen LogP contribution in [0.15, 0.2) is 36.5 Å². The number of amides is 2. The number of pyridine rings is 1. The highest BCUT2D eigenvalue weighted by atomic mass is 16.5. The third kappa shape index (κ3) is 5.20. The van der Waals surface area contributed by atoms with Crippen LogP contribution in [0.4, 0.5) is 10.5 Å². The molecule has 2 aromatic rings. The predicted molar refractivity (Wildman–Crippen MR) is 94.1 cm³/mol. The van der Waals surface area contributed by atoms with Gasteiger partial charge in [-0.1, -0.05) is 12.1 Å². The zero-order chi connectivity index (χ0) is 18.4. The van der Waals surface area contributed by atoms with Crippen molar-refractivity contribution in [2.75, 3.05) is 18.9 Å². The molecule has 0 atom stereocenters. The minimum absolute atomic E-state index is 0.106. The lowest BCUT2D eigenvalue weighted by atomic mass is 10.1. The molecular weight excluding hydrogens is 322 g/mol. The summed E-state index contributed by atoms with van der Waals surface area (Å²) >= 11 is 0. The van der Waals surface area contributed by atoms with Crippen LogP contribution in [-0.2, 0) is 4.79 Å². The van der Waals surface area contributed by atoms with Crippen molar-refractivity contribution in [2.24, 2.45) is 0 Å². The minimum atomic E-state index is -0.950. The number of rotatable bonds is 6. The number of ether oxygens (including phenoxy) is 1. The van der Waals surface area contributed by atoms with Gasteiger partial charge in [-0.15, -0.1) is 0 Å². The molecule has 7 heteroatoms. The van der Waals surface area contributed by atoms with Crippen LogP contribution < -0.4 is 10.1 Å². The number of urea groups is 1. The molecule has 0 fully saturated rings. The highest BCUT2D eigenvalue weighted by molar-refractivity contribution is 5.89. The van der Waals surface area contributed by atoms with E-state index in [0.717, 1.165) is 16.9 Å². The summed E-state index contributed by atoms with van der Waals surface area (Å²) in [6.45, 7) is 4.11. The van der Waals surface area contributed by atoms with Crippen LogP contribution in [0.1, 0.15) is 17.5 Å². The van der Waals surface area contributed by atoms with E-state index in [0.29, 0.717) is 11.6 Å². The maximum absolute atomic E-state index is 11.9. The standard InChI is InChI=1S/C18H21N3O4/c1-12-5-4-6-15(13(12)2)25-16-8-7-14(11-19-16)20-18(24)21(3)10-9-17(22)23/h4-8,11H,9-10H2,1-3H3,(H,20,24)(H,22,23). The summed E-state index contributed by atoms with van der Waals surface area (Å²) in [6.07, 6.45) is 1.38. The van der Waals surface area contributed by atoms with Crippen molar-refractivity contribution >= 4 is 17.7 Å². The molecule has 0 saturated heterocycles. The number of aryl methyl sites for hydroxylation is 1. The van der Waals surface area contributed by atoms with Gasteiger partial charge in [0, 0.05) is 19.7 Å². The largest absolute Gasteiger partial charge is 0.481 e. The number of carboxylic acid groups (broad SMARTS) is 1. The zero-order valence-electron chi connectivity index (χ0n) is 14.4. The fraction of sp³-hybridized carbons (Fsp3) is 0.278. The first-order valence-corrected chi connectivity index (χ1v) is 7.81. The molecule has 7 nitrogen and oxygen atoms in total. The van der Waals surface area contributed by atoms with E-state index in [1.165, 1.54) is 18.1 Å². The van der Waals surface area contributed by atoms with Gasteiger partial charge in [-0.2, -0.15) is 0 Å².